The van der Waals surface area contributed by atoms with Crippen molar-refractivity contribution in [2.24, 2.45) is 0 Å². The molecule has 2 saturated heterocycles. The number of carbonyl (C=O) groups is 1. The Morgan fingerprint density at radius 2 is 2.14 bits per heavy atom. The standard InChI is InChI=1S/C14H21FN4O2/c15-12-9-13(14(20)18-5-7-21-8-6-18)19(10-12)4-3-17-2-1-16-11-17/h1-2,11-13H,3-10H2/t12-,13+/m1/s1. The Balaban J connectivity index is 1.60. The van der Waals surface area contributed by atoms with Gasteiger partial charge in [0.15, 0.2) is 0 Å². The lowest BCUT2D eigenvalue weighted by Gasteiger charge is -2.32. The van der Waals surface area contributed by atoms with Crippen molar-refractivity contribution in [2.75, 3.05) is 39.4 Å². The number of aromatic nitrogens is 2. The minimum Gasteiger partial charge on any atom is -0.378 e. The molecule has 0 aliphatic carbocycles. The van der Waals surface area contributed by atoms with Crippen molar-refractivity contribution in [3.8, 4) is 0 Å². The van der Waals surface area contributed by atoms with Crippen LogP contribution in [0, 0.1) is 0 Å². The predicted molar refractivity (Wildman–Crippen MR) is 74.5 cm³/mol. The fraction of sp³-hybridized carbons (Fsp3) is 0.714. The molecule has 7 heteroatoms. The molecule has 0 saturated carbocycles. The maximum atomic E-state index is 13.8. The first kappa shape index (κ1) is 14.5. The highest BCUT2D eigenvalue weighted by Gasteiger charge is 2.38. The molecule has 0 spiro atoms. The zero-order chi connectivity index (χ0) is 14.7. The molecule has 1 aromatic rings. The third kappa shape index (κ3) is 3.41. The summed E-state index contributed by atoms with van der Waals surface area (Å²) in [5, 5.41) is 0. The monoisotopic (exact) mass is 296 g/mol. The first-order valence-corrected chi connectivity index (χ1v) is 7.44. The van der Waals surface area contributed by atoms with Gasteiger partial charge in [-0.1, -0.05) is 0 Å². The van der Waals surface area contributed by atoms with Gasteiger partial charge in [0.1, 0.15) is 6.17 Å². The average molecular weight is 296 g/mol. The van der Waals surface area contributed by atoms with Gasteiger partial charge in [0.25, 0.3) is 0 Å². The minimum absolute atomic E-state index is 0.0454. The first-order valence-electron chi connectivity index (χ1n) is 7.44. The van der Waals surface area contributed by atoms with Crippen LogP contribution in [0.4, 0.5) is 4.39 Å². The number of nitrogens with zero attached hydrogens (tertiary/aromatic N) is 4. The van der Waals surface area contributed by atoms with Crippen LogP contribution in [0.25, 0.3) is 0 Å². The van der Waals surface area contributed by atoms with E-state index in [1.807, 2.05) is 15.7 Å². The van der Waals surface area contributed by atoms with Gasteiger partial charge in [-0.3, -0.25) is 9.69 Å². The normalized spacial score (nSPS) is 27.2. The molecule has 0 bridgehead atoms. The number of likely N-dealkylation sites (tertiary alicyclic amines) is 1. The Morgan fingerprint density at radius 3 is 2.86 bits per heavy atom. The summed E-state index contributed by atoms with van der Waals surface area (Å²) in [5.74, 6) is 0.0454. The second-order valence-electron chi connectivity index (χ2n) is 5.58. The van der Waals surface area contributed by atoms with Crippen molar-refractivity contribution in [3.05, 3.63) is 18.7 Å². The van der Waals surface area contributed by atoms with Gasteiger partial charge in [-0.05, 0) is 0 Å². The molecule has 2 aliphatic rings. The lowest BCUT2D eigenvalue weighted by atomic mass is 10.1. The fourth-order valence-corrected chi connectivity index (χ4v) is 3.01. The molecule has 0 aromatic carbocycles. The maximum Gasteiger partial charge on any atom is 0.240 e. The molecular weight excluding hydrogens is 275 g/mol. The van der Waals surface area contributed by atoms with E-state index in [4.69, 9.17) is 4.74 Å². The molecule has 2 atom stereocenters. The number of hydrogen-bond donors (Lipinski definition) is 0. The number of morpholine rings is 1. The molecule has 21 heavy (non-hydrogen) atoms. The minimum atomic E-state index is -0.914. The third-order valence-electron chi connectivity index (χ3n) is 4.16. The van der Waals surface area contributed by atoms with E-state index in [0.717, 1.165) is 6.54 Å². The SMILES string of the molecule is O=C([C@@H]1C[C@@H](F)CN1CCn1ccnc1)N1CCOCC1. The molecule has 1 aromatic heterocycles. The zero-order valence-corrected chi connectivity index (χ0v) is 12.0. The Morgan fingerprint density at radius 1 is 1.33 bits per heavy atom. The van der Waals surface area contributed by atoms with E-state index in [-0.39, 0.29) is 11.9 Å². The van der Waals surface area contributed by atoms with Crippen LogP contribution in [0.1, 0.15) is 6.42 Å². The highest BCUT2D eigenvalue weighted by atomic mass is 19.1. The summed E-state index contributed by atoms with van der Waals surface area (Å²) in [5.41, 5.74) is 0. The molecule has 0 radical (unpaired) electrons. The van der Waals surface area contributed by atoms with Gasteiger partial charge < -0.3 is 14.2 Å². The summed E-state index contributed by atoms with van der Waals surface area (Å²) in [6.07, 6.45) is 4.73. The van der Waals surface area contributed by atoms with Gasteiger partial charge >= 0.3 is 0 Å². The Hall–Kier alpha value is -1.47. The van der Waals surface area contributed by atoms with Gasteiger partial charge in [0, 0.05) is 51.5 Å². The highest BCUT2D eigenvalue weighted by Crippen LogP contribution is 2.22. The van der Waals surface area contributed by atoms with Gasteiger partial charge in [-0.15, -0.1) is 0 Å². The van der Waals surface area contributed by atoms with Crippen molar-refractivity contribution in [2.45, 2.75) is 25.2 Å². The summed E-state index contributed by atoms with van der Waals surface area (Å²) in [6, 6.07) is -0.332. The van der Waals surface area contributed by atoms with E-state index in [1.54, 1.807) is 17.4 Å². The Bertz CT molecular complexity index is 462. The summed E-state index contributed by atoms with van der Waals surface area (Å²) in [7, 11) is 0. The van der Waals surface area contributed by atoms with Gasteiger partial charge in [-0.25, -0.2) is 9.37 Å². The number of imidazole rings is 1. The van der Waals surface area contributed by atoms with Gasteiger partial charge in [0.05, 0.1) is 25.6 Å². The molecular formula is C14H21FN4O2. The molecule has 3 heterocycles. The van der Waals surface area contributed by atoms with Crippen LogP contribution in [0.3, 0.4) is 0 Å². The number of rotatable bonds is 4. The van der Waals surface area contributed by atoms with Crippen LogP contribution in [0.15, 0.2) is 18.7 Å². The lowest BCUT2D eigenvalue weighted by molar-refractivity contribution is -0.140. The Kier molecular flexibility index (Phi) is 4.50. The molecule has 2 fully saturated rings. The van der Waals surface area contributed by atoms with Crippen LogP contribution in [-0.2, 0) is 16.1 Å². The van der Waals surface area contributed by atoms with Crippen molar-refractivity contribution in [3.63, 3.8) is 0 Å². The number of halogens is 1. The van der Waals surface area contributed by atoms with Crippen molar-refractivity contribution < 1.29 is 13.9 Å². The summed E-state index contributed by atoms with van der Waals surface area (Å²) < 4.78 is 21.0. The van der Waals surface area contributed by atoms with Crippen LogP contribution < -0.4 is 0 Å². The number of ether oxygens (including phenoxy) is 1. The molecule has 0 unspecified atom stereocenters. The predicted octanol–water partition coefficient (Wildman–Crippen LogP) is 0.154. The van der Waals surface area contributed by atoms with E-state index in [1.165, 1.54) is 0 Å². The summed E-state index contributed by atoms with van der Waals surface area (Å²) in [6.45, 7) is 4.11. The van der Waals surface area contributed by atoms with Crippen LogP contribution in [0.5, 0.6) is 0 Å². The molecule has 2 aliphatic heterocycles. The number of amides is 1. The van der Waals surface area contributed by atoms with E-state index >= 15 is 0 Å². The molecule has 6 nitrogen and oxygen atoms in total. The number of alkyl halides is 1. The van der Waals surface area contributed by atoms with Crippen molar-refractivity contribution in [1.82, 2.24) is 19.4 Å². The van der Waals surface area contributed by atoms with Crippen LogP contribution in [-0.4, -0.2) is 76.9 Å². The topological polar surface area (TPSA) is 50.6 Å². The second kappa shape index (κ2) is 6.53. The summed E-state index contributed by atoms with van der Waals surface area (Å²) in [4.78, 5) is 20.3. The zero-order valence-electron chi connectivity index (χ0n) is 12.0. The third-order valence-corrected chi connectivity index (χ3v) is 4.16. The highest BCUT2D eigenvalue weighted by molar-refractivity contribution is 5.82. The van der Waals surface area contributed by atoms with Crippen molar-refractivity contribution >= 4 is 5.91 Å². The van der Waals surface area contributed by atoms with Crippen LogP contribution >= 0.6 is 0 Å². The van der Waals surface area contributed by atoms with E-state index in [9.17, 15) is 9.18 Å². The number of carbonyl (C=O) groups excluding carboxylic acids is 1. The maximum absolute atomic E-state index is 13.8. The molecule has 116 valence electrons. The molecule has 0 N–H and O–H groups in total. The lowest BCUT2D eigenvalue weighted by Crippen LogP contribution is -2.50. The Labute approximate surface area is 123 Å². The van der Waals surface area contributed by atoms with Crippen LogP contribution in [0.2, 0.25) is 0 Å². The summed E-state index contributed by atoms with van der Waals surface area (Å²) >= 11 is 0. The largest absolute Gasteiger partial charge is 0.378 e. The van der Waals surface area contributed by atoms with Crippen molar-refractivity contribution in [1.29, 1.82) is 0 Å². The van der Waals surface area contributed by atoms with E-state index in [2.05, 4.69) is 4.98 Å². The molecule has 3 rings (SSSR count). The smallest absolute Gasteiger partial charge is 0.240 e. The first-order chi connectivity index (χ1) is 10.2. The number of hydrogen-bond acceptors (Lipinski definition) is 4. The van der Waals surface area contributed by atoms with Gasteiger partial charge in [-0.2, -0.15) is 0 Å². The van der Waals surface area contributed by atoms with Gasteiger partial charge in [0.2, 0.25) is 5.91 Å². The second-order valence-corrected chi connectivity index (χ2v) is 5.58. The van der Waals surface area contributed by atoms with E-state index < -0.39 is 6.17 Å². The molecule has 1 amide bonds. The average Bonchev–Trinajstić information content (AvgIpc) is 3.14. The van der Waals surface area contributed by atoms with E-state index in [0.29, 0.717) is 45.8 Å². The quantitative estimate of drug-likeness (QED) is 0.794. The fourth-order valence-electron chi connectivity index (χ4n) is 3.01.